The van der Waals surface area contributed by atoms with Gasteiger partial charge in [-0.1, -0.05) is 41.7 Å². The monoisotopic (exact) mass is 405 g/mol. The number of hydrogen-bond donors (Lipinski definition) is 3. The number of aromatic nitrogens is 5. The van der Waals surface area contributed by atoms with Gasteiger partial charge >= 0.3 is 0 Å². The van der Waals surface area contributed by atoms with Crippen LogP contribution in [-0.4, -0.2) is 37.1 Å². The standard InChI is InChI=1S/C20H19N7OS/c28-18(25-20-27-26-19(29-20)15-6-8-21-9-7-15)17(10-14-4-2-1-3-5-14)23-12-16-11-22-13-24-16/h1-9,11,13,17,23H,10,12H2,(H,22,24)(H,25,27,28)/t17-/m0/s1. The highest BCUT2D eigenvalue weighted by atomic mass is 32.1. The lowest BCUT2D eigenvalue weighted by Crippen LogP contribution is -2.41. The molecule has 0 aliphatic heterocycles. The lowest BCUT2D eigenvalue weighted by Gasteiger charge is -2.17. The Kier molecular flexibility index (Phi) is 5.98. The van der Waals surface area contributed by atoms with E-state index in [1.165, 1.54) is 11.3 Å². The zero-order valence-corrected chi connectivity index (χ0v) is 16.3. The zero-order valence-electron chi connectivity index (χ0n) is 15.4. The Morgan fingerprint density at radius 1 is 1.07 bits per heavy atom. The third kappa shape index (κ3) is 5.09. The van der Waals surface area contributed by atoms with E-state index in [9.17, 15) is 4.79 Å². The number of amides is 1. The Bertz CT molecular complexity index is 1040. The molecule has 0 saturated heterocycles. The van der Waals surface area contributed by atoms with Gasteiger partial charge in [0.15, 0.2) is 0 Å². The van der Waals surface area contributed by atoms with E-state index in [0.717, 1.165) is 21.8 Å². The molecule has 29 heavy (non-hydrogen) atoms. The molecule has 1 aromatic carbocycles. The first-order valence-corrected chi connectivity index (χ1v) is 9.89. The molecule has 0 fully saturated rings. The minimum Gasteiger partial charge on any atom is -0.347 e. The number of anilines is 1. The summed E-state index contributed by atoms with van der Waals surface area (Å²) in [7, 11) is 0. The van der Waals surface area contributed by atoms with E-state index in [2.05, 4.69) is 35.8 Å². The van der Waals surface area contributed by atoms with Gasteiger partial charge in [0.2, 0.25) is 11.0 Å². The minimum atomic E-state index is -0.436. The quantitative estimate of drug-likeness (QED) is 0.416. The molecule has 1 amide bonds. The van der Waals surface area contributed by atoms with Gasteiger partial charge in [0.05, 0.1) is 12.4 Å². The number of aromatic amines is 1. The van der Waals surface area contributed by atoms with Crippen molar-refractivity contribution in [2.45, 2.75) is 19.0 Å². The molecule has 4 rings (SSSR count). The maximum Gasteiger partial charge on any atom is 0.243 e. The van der Waals surface area contributed by atoms with E-state index in [1.807, 2.05) is 42.5 Å². The fourth-order valence-corrected chi connectivity index (χ4v) is 3.55. The van der Waals surface area contributed by atoms with Crippen molar-refractivity contribution in [3.05, 3.63) is 78.6 Å². The Hall–Kier alpha value is -3.43. The molecule has 0 radical (unpaired) electrons. The van der Waals surface area contributed by atoms with Crippen LogP contribution in [0.5, 0.6) is 0 Å². The Morgan fingerprint density at radius 2 is 1.90 bits per heavy atom. The number of H-pyrrole nitrogens is 1. The van der Waals surface area contributed by atoms with Crippen LogP contribution in [0.1, 0.15) is 11.3 Å². The Labute approximate surface area is 171 Å². The fourth-order valence-electron chi connectivity index (χ4n) is 2.80. The van der Waals surface area contributed by atoms with Gasteiger partial charge in [0, 0.05) is 36.4 Å². The second-order valence-electron chi connectivity index (χ2n) is 6.34. The summed E-state index contributed by atoms with van der Waals surface area (Å²) >= 11 is 1.33. The summed E-state index contributed by atoms with van der Waals surface area (Å²) in [5.41, 5.74) is 2.89. The summed E-state index contributed by atoms with van der Waals surface area (Å²) in [5.74, 6) is -0.161. The molecule has 3 heterocycles. The second-order valence-corrected chi connectivity index (χ2v) is 7.32. The highest BCUT2D eigenvalue weighted by molar-refractivity contribution is 7.18. The average molecular weight is 405 g/mol. The van der Waals surface area contributed by atoms with Crippen LogP contribution in [0.2, 0.25) is 0 Å². The third-order valence-corrected chi connectivity index (χ3v) is 5.16. The molecule has 9 heteroatoms. The topological polar surface area (TPSA) is 108 Å². The zero-order chi connectivity index (χ0) is 19.9. The molecule has 146 valence electrons. The van der Waals surface area contributed by atoms with Crippen LogP contribution in [0.25, 0.3) is 10.6 Å². The number of hydrogen-bond acceptors (Lipinski definition) is 7. The van der Waals surface area contributed by atoms with Gasteiger partial charge in [-0.05, 0) is 24.1 Å². The summed E-state index contributed by atoms with van der Waals surface area (Å²) in [4.78, 5) is 24.0. The second kappa shape index (κ2) is 9.18. The van der Waals surface area contributed by atoms with Crippen LogP contribution in [-0.2, 0) is 17.8 Å². The van der Waals surface area contributed by atoms with Gasteiger partial charge in [-0.3, -0.25) is 20.4 Å². The smallest absolute Gasteiger partial charge is 0.243 e. The van der Waals surface area contributed by atoms with Crippen LogP contribution in [0.4, 0.5) is 5.13 Å². The summed E-state index contributed by atoms with van der Waals surface area (Å²) in [6, 6.07) is 13.2. The number of pyridine rings is 1. The molecule has 0 saturated carbocycles. The van der Waals surface area contributed by atoms with Crippen LogP contribution in [0.15, 0.2) is 67.4 Å². The number of carbonyl (C=O) groups is 1. The van der Waals surface area contributed by atoms with Gasteiger partial charge in [-0.25, -0.2) is 4.98 Å². The molecule has 0 aliphatic rings. The Morgan fingerprint density at radius 3 is 2.66 bits per heavy atom. The molecule has 0 bridgehead atoms. The molecule has 4 aromatic rings. The number of nitrogens with one attached hydrogen (secondary N) is 3. The van der Waals surface area contributed by atoms with Crippen molar-refractivity contribution in [1.29, 1.82) is 0 Å². The van der Waals surface area contributed by atoms with Crippen molar-refractivity contribution >= 4 is 22.4 Å². The van der Waals surface area contributed by atoms with Gasteiger partial charge in [-0.2, -0.15) is 0 Å². The molecule has 1 atom stereocenters. The van der Waals surface area contributed by atoms with Crippen molar-refractivity contribution in [3.63, 3.8) is 0 Å². The third-order valence-electron chi connectivity index (χ3n) is 4.28. The van der Waals surface area contributed by atoms with E-state index in [-0.39, 0.29) is 5.91 Å². The van der Waals surface area contributed by atoms with E-state index < -0.39 is 6.04 Å². The van der Waals surface area contributed by atoms with Gasteiger partial charge in [0.1, 0.15) is 5.01 Å². The molecule has 0 unspecified atom stereocenters. The van der Waals surface area contributed by atoms with Crippen molar-refractivity contribution in [2.24, 2.45) is 0 Å². The first-order valence-electron chi connectivity index (χ1n) is 9.07. The average Bonchev–Trinajstić information content (AvgIpc) is 3.45. The molecular formula is C20H19N7OS. The van der Waals surface area contributed by atoms with E-state index >= 15 is 0 Å². The van der Waals surface area contributed by atoms with Crippen LogP contribution < -0.4 is 10.6 Å². The molecule has 8 nitrogen and oxygen atoms in total. The highest BCUT2D eigenvalue weighted by Gasteiger charge is 2.20. The first kappa shape index (κ1) is 18.9. The maximum atomic E-state index is 13.0. The van der Waals surface area contributed by atoms with Crippen LogP contribution in [0.3, 0.4) is 0 Å². The van der Waals surface area contributed by atoms with E-state index in [4.69, 9.17) is 0 Å². The van der Waals surface area contributed by atoms with Crippen LogP contribution in [0, 0.1) is 0 Å². The fraction of sp³-hybridized carbons (Fsp3) is 0.150. The normalized spacial score (nSPS) is 11.9. The minimum absolute atomic E-state index is 0.161. The van der Waals surface area contributed by atoms with Crippen molar-refractivity contribution in [3.8, 4) is 10.6 Å². The number of imidazole rings is 1. The lowest BCUT2D eigenvalue weighted by atomic mass is 10.1. The number of carbonyl (C=O) groups excluding carboxylic acids is 1. The molecule has 3 N–H and O–H groups in total. The van der Waals surface area contributed by atoms with Gasteiger partial charge in [-0.15, -0.1) is 10.2 Å². The van der Waals surface area contributed by atoms with Gasteiger partial charge in [0.25, 0.3) is 0 Å². The molecular weight excluding hydrogens is 386 g/mol. The number of rotatable bonds is 8. The predicted molar refractivity (Wildman–Crippen MR) is 111 cm³/mol. The van der Waals surface area contributed by atoms with Crippen molar-refractivity contribution in [2.75, 3.05) is 5.32 Å². The molecule has 0 spiro atoms. The number of nitrogens with zero attached hydrogens (tertiary/aromatic N) is 4. The summed E-state index contributed by atoms with van der Waals surface area (Å²) < 4.78 is 0. The predicted octanol–water partition coefficient (Wildman–Crippen LogP) is 2.66. The summed E-state index contributed by atoms with van der Waals surface area (Å²) in [5, 5.41) is 15.6. The van der Waals surface area contributed by atoms with E-state index in [0.29, 0.717) is 18.1 Å². The summed E-state index contributed by atoms with van der Waals surface area (Å²) in [6.45, 7) is 0.503. The van der Waals surface area contributed by atoms with Crippen molar-refractivity contribution < 1.29 is 4.79 Å². The van der Waals surface area contributed by atoms with Gasteiger partial charge < -0.3 is 4.98 Å². The van der Waals surface area contributed by atoms with Crippen molar-refractivity contribution in [1.82, 2.24) is 30.5 Å². The SMILES string of the molecule is O=C(Nc1nnc(-c2ccncc2)s1)[C@H](Cc1ccccc1)NCc1cnc[nH]1. The summed E-state index contributed by atoms with van der Waals surface area (Å²) in [6.07, 6.45) is 7.30. The number of benzene rings is 1. The molecule has 3 aromatic heterocycles. The van der Waals surface area contributed by atoms with E-state index in [1.54, 1.807) is 24.9 Å². The Balaban J connectivity index is 1.46. The highest BCUT2D eigenvalue weighted by Crippen LogP contribution is 2.25. The largest absolute Gasteiger partial charge is 0.347 e. The molecule has 0 aliphatic carbocycles. The lowest BCUT2D eigenvalue weighted by molar-refractivity contribution is -0.118. The van der Waals surface area contributed by atoms with Crippen LogP contribution >= 0.6 is 11.3 Å². The maximum absolute atomic E-state index is 13.0. The first-order chi connectivity index (χ1) is 14.3.